The van der Waals surface area contributed by atoms with E-state index >= 15 is 0 Å². The number of nitrogens with zero attached hydrogens (tertiary/aromatic N) is 2. The number of hydrogen-bond donors (Lipinski definition) is 0. The molecule has 0 saturated carbocycles. The molecule has 1 aromatic heterocycles. The molecule has 1 rings (SSSR count). The molecule has 0 aliphatic rings. The van der Waals surface area contributed by atoms with Gasteiger partial charge in [-0.2, -0.15) is 5.10 Å². The normalized spacial score (nSPS) is 13.5. The number of aromatic nitrogens is 2. The van der Waals surface area contributed by atoms with E-state index in [0.717, 1.165) is 11.0 Å². The van der Waals surface area contributed by atoms with Gasteiger partial charge in [-0.15, -0.1) is 0 Å². The Hall–Kier alpha value is -0.310. The van der Waals surface area contributed by atoms with Gasteiger partial charge in [0, 0.05) is 18.6 Å². The number of aryl methyl sites for hydroxylation is 2. The maximum Gasteiger partial charge on any atom is 0.0628 e. The van der Waals surface area contributed by atoms with Gasteiger partial charge in [0.1, 0.15) is 0 Å². The highest BCUT2D eigenvalue weighted by molar-refractivity contribution is 9.09. The highest BCUT2D eigenvalue weighted by Crippen LogP contribution is 2.19. The minimum atomic E-state index is 0.559. The van der Waals surface area contributed by atoms with Crippen LogP contribution in [0.2, 0.25) is 0 Å². The van der Waals surface area contributed by atoms with Crippen LogP contribution < -0.4 is 0 Å². The molecule has 2 nitrogen and oxygen atoms in total. The zero-order chi connectivity index (χ0) is 8.43. The van der Waals surface area contributed by atoms with Crippen molar-refractivity contribution in [3.63, 3.8) is 0 Å². The summed E-state index contributed by atoms with van der Waals surface area (Å²) in [7, 11) is 1.96. The molecule has 0 fully saturated rings. The van der Waals surface area contributed by atoms with E-state index in [1.807, 2.05) is 11.7 Å². The number of alkyl halides is 1. The summed E-state index contributed by atoms with van der Waals surface area (Å²) in [5.74, 6) is 0.559. The highest BCUT2D eigenvalue weighted by atomic mass is 79.9. The zero-order valence-electron chi connectivity index (χ0n) is 7.13. The summed E-state index contributed by atoms with van der Waals surface area (Å²) in [5.41, 5.74) is 2.48. The van der Waals surface area contributed by atoms with E-state index in [-0.39, 0.29) is 0 Å². The molecule has 0 aliphatic carbocycles. The van der Waals surface area contributed by atoms with Gasteiger partial charge in [0.05, 0.1) is 5.69 Å². The first-order valence-corrected chi connectivity index (χ1v) is 4.83. The largest absolute Gasteiger partial charge is 0.275 e. The maximum atomic E-state index is 4.28. The van der Waals surface area contributed by atoms with E-state index in [4.69, 9.17) is 0 Å². The first-order chi connectivity index (χ1) is 5.15. The van der Waals surface area contributed by atoms with Gasteiger partial charge >= 0.3 is 0 Å². The van der Waals surface area contributed by atoms with Crippen LogP contribution in [0.3, 0.4) is 0 Å². The summed E-state index contributed by atoms with van der Waals surface area (Å²) in [5, 5.41) is 5.28. The van der Waals surface area contributed by atoms with Crippen molar-refractivity contribution in [3.8, 4) is 0 Å². The molecule has 1 aromatic rings. The van der Waals surface area contributed by atoms with Gasteiger partial charge in [-0.3, -0.25) is 4.68 Å². The smallest absolute Gasteiger partial charge is 0.0628 e. The van der Waals surface area contributed by atoms with Crippen molar-refractivity contribution in [1.82, 2.24) is 9.78 Å². The predicted octanol–water partition coefficient (Wildman–Crippen LogP) is 2.23. The molecule has 1 heterocycles. The lowest BCUT2D eigenvalue weighted by atomic mass is 10.1. The van der Waals surface area contributed by atoms with Crippen LogP contribution in [0.5, 0.6) is 0 Å². The second kappa shape index (κ2) is 3.39. The summed E-state index contributed by atoms with van der Waals surface area (Å²) in [6.45, 7) is 4.24. The van der Waals surface area contributed by atoms with E-state index in [0.29, 0.717) is 5.92 Å². The third kappa shape index (κ3) is 1.83. The van der Waals surface area contributed by atoms with Crippen LogP contribution in [0.4, 0.5) is 0 Å². The molecule has 11 heavy (non-hydrogen) atoms. The van der Waals surface area contributed by atoms with Crippen LogP contribution in [0.15, 0.2) is 6.20 Å². The fraction of sp³-hybridized carbons (Fsp3) is 0.625. The minimum Gasteiger partial charge on any atom is -0.275 e. The second-order valence-electron chi connectivity index (χ2n) is 2.90. The Morgan fingerprint density at radius 1 is 1.73 bits per heavy atom. The lowest BCUT2D eigenvalue weighted by Gasteiger charge is -2.03. The van der Waals surface area contributed by atoms with Crippen molar-refractivity contribution in [2.24, 2.45) is 7.05 Å². The van der Waals surface area contributed by atoms with Crippen LogP contribution in [-0.4, -0.2) is 15.1 Å². The van der Waals surface area contributed by atoms with Gasteiger partial charge in [-0.1, -0.05) is 22.9 Å². The number of halogens is 1. The molecular weight excluding hydrogens is 204 g/mol. The third-order valence-corrected chi connectivity index (χ3v) is 2.79. The zero-order valence-corrected chi connectivity index (χ0v) is 8.72. The molecule has 0 aliphatic heterocycles. The van der Waals surface area contributed by atoms with Gasteiger partial charge < -0.3 is 0 Å². The summed E-state index contributed by atoms with van der Waals surface area (Å²) in [4.78, 5) is 0. The Morgan fingerprint density at radius 3 is 2.73 bits per heavy atom. The van der Waals surface area contributed by atoms with Gasteiger partial charge in [-0.25, -0.2) is 0 Å². The van der Waals surface area contributed by atoms with E-state index in [1.165, 1.54) is 5.56 Å². The van der Waals surface area contributed by atoms with Crippen molar-refractivity contribution in [2.75, 3.05) is 5.33 Å². The van der Waals surface area contributed by atoms with Crippen molar-refractivity contribution >= 4 is 15.9 Å². The predicted molar refractivity (Wildman–Crippen MR) is 50.2 cm³/mol. The Labute approximate surface area is 75.7 Å². The Morgan fingerprint density at radius 2 is 2.36 bits per heavy atom. The molecule has 1 atom stereocenters. The molecule has 3 heteroatoms. The molecule has 0 aromatic carbocycles. The monoisotopic (exact) mass is 216 g/mol. The van der Waals surface area contributed by atoms with Gasteiger partial charge in [0.15, 0.2) is 0 Å². The van der Waals surface area contributed by atoms with Crippen molar-refractivity contribution in [3.05, 3.63) is 17.5 Å². The summed E-state index contributed by atoms with van der Waals surface area (Å²) >= 11 is 3.46. The molecule has 0 amide bonds. The Bertz CT molecular complexity index is 242. The minimum absolute atomic E-state index is 0.559. The van der Waals surface area contributed by atoms with Crippen LogP contribution in [-0.2, 0) is 7.05 Å². The van der Waals surface area contributed by atoms with Gasteiger partial charge in [0.2, 0.25) is 0 Å². The number of hydrogen-bond acceptors (Lipinski definition) is 1. The van der Waals surface area contributed by atoms with E-state index in [1.54, 1.807) is 0 Å². The van der Waals surface area contributed by atoms with Crippen LogP contribution in [0.1, 0.15) is 24.1 Å². The van der Waals surface area contributed by atoms with E-state index < -0.39 is 0 Å². The van der Waals surface area contributed by atoms with Crippen LogP contribution in [0.25, 0.3) is 0 Å². The number of rotatable bonds is 2. The topological polar surface area (TPSA) is 17.8 Å². The maximum absolute atomic E-state index is 4.28. The molecule has 0 bridgehead atoms. The molecule has 62 valence electrons. The van der Waals surface area contributed by atoms with Gasteiger partial charge in [0.25, 0.3) is 0 Å². The summed E-state index contributed by atoms with van der Waals surface area (Å²) in [6, 6.07) is 0. The SMILES string of the molecule is Cc1nn(C)cc1C(C)CBr. The average Bonchev–Trinajstić information content (AvgIpc) is 2.28. The quantitative estimate of drug-likeness (QED) is 0.694. The molecule has 0 N–H and O–H groups in total. The molecule has 1 unspecified atom stereocenters. The lowest BCUT2D eigenvalue weighted by Crippen LogP contribution is -1.94. The Balaban J connectivity index is 2.93. The molecule has 0 radical (unpaired) electrons. The lowest BCUT2D eigenvalue weighted by molar-refractivity contribution is 0.756. The summed E-state index contributed by atoms with van der Waals surface area (Å²) < 4.78 is 1.86. The fourth-order valence-electron chi connectivity index (χ4n) is 1.18. The third-order valence-electron chi connectivity index (χ3n) is 1.81. The van der Waals surface area contributed by atoms with E-state index in [2.05, 4.69) is 41.1 Å². The fourth-order valence-corrected chi connectivity index (χ4v) is 1.53. The van der Waals surface area contributed by atoms with Crippen molar-refractivity contribution in [2.45, 2.75) is 19.8 Å². The first-order valence-electron chi connectivity index (χ1n) is 3.71. The van der Waals surface area contributed by atoms with Crippen LogP contribution in [0, 0.1) is 6.92 Å². The van der Waals surface area contributed by atoms with Gasteiger partial charge in [-0.05, 0) is 18.4 Å². The van der Waals surface area contributed by atoms with Crippen molar-refractivity contribution < 1.29 is 0 Å². The molecular formula is C8H13BrN2. The summed E-state index contributed by atoms with van der Waals surface area (Å²) in [6.07, 6.45) is 2.08. The second-order valence-corrected chi connectivity index (χ2v) is 3.55. The Kier molecular flexibility index (Phi) is 2.71. The highest BCUT2D eigenvalue weighted by Gasteiger charge is 2.09. The average molecular weight is 217 g/mol. The standard InChI is InChI=1S/C8H13BrN2/c1-6(4-9)8-5-11(3)10-7(8)2/h5-6H,4H2,1-3H3. The molecule has 0 spiro atoms. The molecule has 0 saturated heterocycles. The van der Waals surface area contributed by atoms with Crippen molar-refractivity contribution in [1.29, 1.82) is 0 Å². The van der Waals surface area contributed by atoms with Crippen LogP contribution >= 0.6 is 15.9 Å². The van der Waals surface area contributed by atoms with E-state index in [9.17, 15) is 0 Å². The first kappa shape index (κ1) is 8.78.